The Hall–Kier alpha value is -0.910. The minimum Gasteiger partial charge on any atom is -0.481 e. The van der Waals surface area contributed by atoms with E-state index in [1.54, 1.807) is 0 Å². The zero-order valence-corrected chi connectivity index (χ0v) is 22.0. The van der Waals surface area contributed by atoms with Gasteiger partial charge in [0.1, 0.15) is 0 Å². The number of carboxylic acid groups (broad SMARTS) is 1. The fraction of sp³-hybridized carbons (Fsp3) is 0.897. The molecule has 0 aromatic carbocycles. The fourth-order valence-electron chi connectivity index (χ4n) is 10.3. The number of rotatable bonds is 1. The van der Waals surface area contributed by atoms with Crippen molar-refractivity contribution in [3.05, 3.63) is 11.6 Å². The molecule has 5 rings (SSSR count). The standard InChI is InChI=1S/C29H46O5/c1-16-17-9-10-28(6)20(26(17,4)15-19(30)22(16)31)8-7-18-21-23(32)25(2,3)11-13-29(21,24(33)34)14-12-27(18,28)5/h7,16-17,19-23,30-32H,8-15H2,1-6H3,(H,33,34)/t16-,17-,19+,20+,21+,22+,23-,26-,27+,28+,29-/m0/s1. The Balaban J connectivity index is 1.62. The van der Waals surface area contributed by atoms with Gasteiger partial charge in [0.25, 0.3) is 0 Å². The molecule has 192 valence electrons. The first-order valence-electron chi connectivity index (χ1n) is 13.6. The second-order valence-corrected chi connectivity index (χ2v) is 14.3. The van der Waals surface area contributed by atoms with Crippen LogP contribution in [-0.4, -0.2) is 44.7 Å². The summed E-state index contributed by atoms with van der Waals surface area (Å²) in [6, 6.07) is 0. The minimum absolute atomic E-state index is 0.0317. The van der Waals surface area contributed by atoms with Gasteiger partial charge in [-0.15, -0.1) is 0 Å². The highest BCUT2D eigenvalue weighted by Crippen LogP contribution is 2.74. The van der Waals surface area contributed by atoms with Crippen molar-refractivity contribution < 1.29 is 25.2 Å². The second kappa shape index (κ2) is 7.32. The van der Waals surface area contributed by atoms with Crippen LogP contribution in [0.15, 0.2) is 11.6 Å². The summed E-state index contributed by atoms with van der Waals surface area (Å²) in [5.41, 5.74) is -0.246. The van der Waals surface area contributed by atoms with Gasteiger partial charge in [0, 0.05) is 5.92 Å². The molecule has 5 aliphatic rings. The van der Waals surface area contributed by atoms with Crippen molar-refractivity contribution in [2.24, 2.45) is 50.7 Å². The molecule has 0 amide bonds. The van der Waals surface area contributed by atoms with E-state index in [-0.39, 0.29) is 33.5 Å². The smallest absolute Gasteiger partial charge is 0.310 e. The molecule has 5 aliphatic carbocycles. The molecule has 0 spiro atoms. The van der Waals surface area contributed by atoms with Crippen LogP contribution in [0.1, 0.15) is 92.9 Å². The SMILES string of the molecule is C[C@@H]1[C@@H](O)[C@H](O)C[C@]2(C)[C@H]3CC=C4[C@@H]5[C@H](O)C(C)(C)CC[C@]5(C(=O)O)CC[C@@]4(C)[C@]3(C)CC[C@@H]12. The van der Waals surface area contributed by atoms with Crippen LogP contribution in [0.4, 0.5) is 0 Å². The Morgan fingerprint density at radius 1 is 0.971 bits per heavy atom. The lowest BCUT2D eigenvalue weighted by atomic mass is 9.34. The van der Waals surface area contributed by atoms with E-state index in [1.807, 2.05) is 0 Å². The second-order valence-electron chi connectivity index (χ2n) is 14.3. The maximum Gasteiger partial charge on any atom is 0.310 e. The molecular formula is C29H46O5. The molecule has 5 heteroatoms. The number of fused-ring (bicyclic) bond motifs is 7. The van der Waals surface area contributed by atoms with E-state index in [9.17, 15) is 25.2 Å². The number of allylic oxidation sites excluding steroid dienone is 1. The van der Waals surface area contributed by atoms with Crippen molar-refractivity contribution in [1.29, 1.82) is 0 Å². The number of aliphatic hydroxyl groups is 3. The summed E-state index contributed by atoms with van der Waals surface area (Å²) in [5, 5.41) is 43.6. The molecule has 11 atom stereocenters. The molecule has 0 aliphatic heterocycles. The van der Waals surface area contributed by atoms with E-state index in [4.69, 9.17) is 0 Å². The molecule has 4 fully saturated rings. The molecule has 0 aromatic heterocycles. The van der Waals surface area contributed by atoms with E-state index >= 15 is 0 Å². The van der Waals surface area contributed by atoms with Gasteiger partial charge in [-0.1, -0.05) is 53.2 Å². The van der Waals surface area contributed by atoms with Gasteiger partial charge in [0.05, 0.1) is 23.7 Å². The van der Waals surface area contributed by atoms with E-state index in [1.165, 1.54) is 5.57 Å². The highest BCUT2D eigenvalue weighted by atomic mass is 16.4. The molecule has 0 aromatic rings. The summed E-state index contributed by atoms with van der Waals surface area (Å²) in [6.07, 6.45) is 6.70. The Kier molecular flexibility index (Phi) is 5.33. The predicted octanol–water partition coefficient (Wildman–Crippen LogP) is 4.79. The highest BCUT2D eigenvalue weighted by molar-refractivity contribution is 5.77. The van der Waals surface area contributed by atoms with Crippen molar-refractivity contribution in [3.63, 3.8) is 0 Å². The predicted molar refractivity (Wildman–Crippen MR) is 131 cm³/mol. The first-order chi connectivity index (χ1) is 15.7. The monoisotopic (exact) mass is 474 g/mol. The topological polar surface area (TPSA) is 98.0 Å². The minimum atomic E-state index is -0.871. The maximum absolute atomic E-state index is 12.8. The molecule has 4 saturated carbocycles. The van der Waals surface area contributed by atoms with Gasteiger partial charge >= 0.3 is 5.97 Å². The summed E-state index contributed by atoms with van der Waals surface area (Å²) in [7, 11) is 0. The third-order valence-electron chi connectivity index (χ3n) is 12.8. The van der Waals surface area contributed by atoms with Gasteiger partial charge in [-0.05, 0) is 90.8 Å². The normalized spacial score (nSPS) is 56.3. The Bertz CT molecular complexity index is 910. The van der Waals surface area contributed by atoms with Gasteiger partial charge in [0.2, 0.25) is 0 Å². The summed E-state index contributed by atoms with van der Waals surface area (Å²) >= 11 is 0. The van der Waals surface area contributed by atoms with E-state index in [2.05, 4.69) is 47.6 Å². The Labute approximate surface area is 205 Å². The number of aliphatic hydroxyl groups excluding tert-OH is 3. The number of carboxylic acids is 1. The first kappa shape index (κ1) is 24.8. The van der Waals surface area contributed by atoms with Crippen molar-refractivity contribution in [2.75, 3.05) is 0 Å². The van der Waals surface area contributed by atoms with Crippen LogP contribution < -0.4 is 0 Å². The molecular weight excluding hydrogens is 428 g/mol. The molecule has 34 heavy (non-hydrogen) atoms. The van der Waals surface area contributed by atoms with Gasteiger partial charge in [0.15, 0.2) is 0 Å². The van der Waals surface area contributed by atoms with Crippen molar-refractivity contribution >= 4 is 5.97 Å². The van der Waals surface area contributed by atoms with Crippen LogP contribution in [0.2, 0.25) is 0 Å². The molecule has 0 unspecified atom stereocenters. The number of hydrogen-bond donors (Lipinski definition) is 4. The summed E-state index contributed by atoms with van der Waals surface area (Å²) < 4.78 is 0. The molecule has 0 saturated heterocycles. The summed E-state index contributed by atoms with van der Waals surface area (Å²) in [6.45, 7) is 13.4. The van der Waals surface area contributed by atoms with Gasteiger partial charge in [-0.3, -0.25) is 4.79 Å². The maximum atomic E-state index is 12.8. The molecule has 4 N–H and O–H groups in total. The largest absolute Gasteiger partial charge is 0.481 e. The molecule has 0 bridgehead atoms. The first-order valence-corrected chi connectivity index (χ1v) is 13.6. The Morgan fingerprint density at radius 2 is 1.62 bits per heavy atom. The quantitative estimate of drug-likeness (QED) is 0.410. The van der Waals surface area contributed by atoms with Gasteiger partial charge in [-0.2, -0.15) is 0 Å². The van der Waals surface area contributed by atoms with Gasteiger partial charge in [-0.25, -0.2) is 0 Å². The lowest BCUT2D eigenvalue weighted by Gasteiger charge is -2.70. The van der Waals surface area contributed by atoms with Crippen LogP contribution in [-0.2, 0) is 4.79 Å². The number of carbonyl (C=O) groups is 1. The molecule has 5 nitrogen and oxygen atoms in total. The fourth-order valence-corrected chi connectivity index (χ4v) is 10.3. The summed E-state index contributed by atoms with van der Waals surface area (Å²) in [4.78, 5) is 12.8. The lowest BCUT2D eigenvalue weighted by Crippen LogP contribution is -2.66. The average molecular weight is 475 g/mol. The van der Waals surface area contributed by atoms with Crippen LogP contribution in [0.5, 0.6) is 0 Å². The summed E-state index contributed by atoms with van der Waals surface area (Å²) in [5.74, 6) is -0.264. The lowest BCUT2D eigenvalue weighted by molar-refractivity contribution is -0.213. The highest BCUT2D eigenvalue weighted by Gasteiger charge is 2.70. The van der Waals surface area contributed by atoms with E-state index in [0.29, 0.717) is 31.1 Å². The van der Waals surface area contributed by atoms with Crippen LogP contribution in [0.3, 0.4) is 0 Å². The van der Waals surface area contributed by atoms with Gasteiger partial charge < -0.3 is 20.4 Å². The zero-order chi connectivity index (χ0) is 25.1. The van der Waals surface area contributed by atoms with E-state index < -0.39 is 29.7 Å². The van der Waals surface area contributed by atoms with Crippen LogP contribution in [0.25, 0.3) is 0 Å². The average Bonchev–Trinajstić information content (AvgIpc) is 2.75. The number of hydrogen-bond acceptors (Lipinski definition) is 4. The van der Waals surface area contributed by atoms with Crippen LogP contribution in [0, 0.1) is 50.7 Å². The number of aliphatic carboxylic acids is 1. The molecule has 0 radical (unpaired) electrons. The third-order valence-corrected chi connectivity index (χ3v) is 12.8. The van der Waals surface area contributed by atoms with Crippen molar-refractivity contribution in [3.8, 4) is 0 Å². The Morgan fingerprint density at radius 3 is 2.26 bits per heavy atom. The van der Waals surface area contributed by atoms with Crippen LogP contribution >= 0.6 is 0 Å². The zero-order valence-electron chi connectivity index (χ0n) is 22.0. The third kappa shape index (κ3) is 2.81. The molecule has 0 heterocycles. The van der Waals surface area contributed by atoms with Crippen molar-refractivity contribution in [2.45, 2.75) is 111 Å². The van der Waals surface area contributed by atoms with E-state index in [0.717, 1.165) is 32.1 Å². The van der Waals surface area contributed by atoms with Crippen molar-refractivity contribution in [1.82, 2.24) is 0 Å².